The highest BCUT2D eigenvalue weighted by molar-refractivity contribution is 6.48. The predicted octanol–water partition coefficient (Wildman–Crippen LogP) is 7.70. The van der Waals surface area contributed by atoms with Crippen molar-refractivity contribution in [2.75, 3.05) is 0 Å². The van der Waals surface area contributed by atoms with Gasteiger partial charge in [0.2, 0.25) is 5.82 Å². The molecule has 0 fully saturated rings. The predicted molar refractivity (Wildman–Crippen MR) is 77.7 cm³/mol. The summed E-state index contributed by atoms with van der Waals surface area (Å²) in [5.41, 5.74) is -0.910. The minimum absolute atomic E-state index is 0.0728. The van der Waals surface area contributed by atoms with Crippen LogP contribution in [0.15, 0.2) is 12.1 Å². The number of alkyl halides is 3. The topological polar surface area (TPSA) is 0 Å². The van der Waals surface area contributed by atoms with Crippen molar-refractivity contribution in [3.8, 4) is 0 Å². The summed E-state index contributed by atoms with van der Waals surface area (Å²) in [6.07, 6.45) is -4.46. The van der Waals surface area contributed by atoms with Gasteiger partial charge < -0.3 is 0 Å². The molecule has 0 N–H and O–H groups in total. The molecule has 0 heterocycles. The molecule has 0 unspecified atom stereocenters. The maximum absolute atomic E-state index is 12.3. The van der Waals surface area contributed by atoms with Gasteiger partial charge in [0, 0.05) is 0 Å². The Kier molecular flexibility index (Phi) is 7.21. The minimum Gasteiger partial charge on any atom is -0.202 e. The molecule has 2 aromatic rings. The Bertz CT molecular complexity index is 676. The van der Waals surface area contributed by atoms with Gasteiger partial charge in [0.15, 0.2) is 23.3 Å². The van der Waals surface area contributed by atoms with Crippen molar-refractivity contribution in [1.82, 2.24) is 0 Å². The van der Waals surface area contributed by atoms with Crippen LogP contribution in [-0.4, -0.2) is 0 Å². The SMILES string of the molecule is FC(F)(F)c1cc(Cl)c(Cl)c(Cl)c1.Fc1c(F)c(F)c(Cl)c(F)c1F. The number of hydrogen-bond acceptors (Lipinski definition) is 0. The molecule has 0 aliphatic rings. The van der Waals surface area contributed by atoms with Crippen LogP contribution in [0.1, 0.15) is 5.56 Å². The first-order chi connectivity index (χ1) is 11.3. The van der Waals surface area contributed by atoms with Gasteiger partial charge in [-0.3, -0.25) is 0 Å². The quantitative estimate of drug-likeness (QED) is 0.218. The summed E-state index contributed by atoms with van der Waals surface area (Å²) < 4.78 is 97.4. The van der Waals surface area contributed by atoms with Crippen LogP contribution in [0.5, 0.6) is 0 Å². The molecule has 2 aromatic carbocycles. The van der Waals surface area contributed by atoms with Gasteiger partial charge in [0.05, 0.1) is 20.6 Å². The average molecular weight is 452 g/mol. The highest BCUT2D eigenvalue weighted by Crippen LogP contribution is 2.37. The van der Waals surface area contributed by atoms with Gasteiger partial charge in [-0.05, 0) is 12.1 Å². The molecule has 0 saturated heterocycles. The fourth-order valence-electron chi connectivity index (χ4n) is 1.30. The number of benzene rings is 2. The van der Waals surface area contributed by atoms with E-state index in [0.717, 1.165) is 12.1 Å². The van der Waals surface area contributed by atoms with Gasteiger partial charge in [0.1, 0.15) is 5.02 Å². The third kappa shape index (κ3) is 5.03. The van der Waals surface area contributed by atoms with Gasteiger partial charge in [-0.15, -0.1) is 0 Å². The third-order valence-electron chi connectivity index (χ3n) is 2.47. The molecule has 0 nitrogen and oxygen atoms in total. The second-order valence-corrected chi connectivity index (χ2v) is 5.71. The van der Waals surface area contributed by atoms with E-state index in [-0.39, 0.29) is 15.1 Å². The smallest absolute Gasteiger partial charge is 0.202 e. The second-order valence-electron chi connectivity index (χ2n) is 4.14. The monoisotopic (exact) mass is 450 g/mol. The van der Waals surface area contributed by atoms with E-state index in [9.17, 15) is 35.1 Å². The first-order valence-electron chi connectivity index (χ1n) is 5.67. The molecule has 12 heteroatoms. The van der Waals surface area contributed by atoms with Crippen LogP contribution in [0.4, 0.5) is 35.1 Å². The minimum atomic E-state index is -4.46. The van der Waals surface area contributed by atoms with E-state index in [1.54, 1.807) is 0 Å². The summed E-state index contributed by atoms with van der Waals surface area (Å²) in [6, 6.07) is 1.46. The van der Waals surface area contributed by atoms with Crippen molar-refractivity contribution >= 4 is 46.4 Å². The summed E-state index contributed by atoms with van der Waals surface area (Å²) in [7, 11) is 0. The van der Waals surface area contributed by atoms with Gasteiger partial charge in [-0.25, -0.2) is 22.0 Å². The van der Waals surface area contributed by atoms with Gasteiger partial charge in [-0.2, -0.15) is 13.2 Å². The van der Waals surface area contributed by atoms with E-state index >= 15 is 0 Å². The summed E-state index contributed by atoms with van der Waals surface area (Å²) in [6.45, 7) is 0. The Hall–Kier alpha value is -0.960. The van der Waals surface area contributed by atoms with Gasteiger partial charge in [0.25, 0.3) is 0 Å². The fraction of sp³-hybridized carbons (Fsp3) is 0.0769. The van der Waals surface area contributed by atoms with Crippen LogP contribution in [0, 0.1) is 29.1 Å². The van der Waals surface area contributed by atoms with Crippen molar-refractivity contribution in [3.63, 3.8) is 0 Å². The van der Waals surface area contributed by atoms with Crippen molar-refractivity contribution in [2.45, 2.75) is 6.18 Å². The maximum Gasteiger partial charge on any atom is 0.416 e. The maximum atomic E-state index is 12.3. The molecule has 0 atom stereocenters. The highest BCUT2D eigenvalue weighted by atomic mass is 35.5. The summed E-state index contributed by atoms with van der Waals surface area (Å²) >= 11 is 21.0. The summed E-state index contributed by atoms with van der Waals surface area (Å²) in [5, 5.41) is -1.88. The third-order valence-corrected chi connectivity index (χ3v) is 4.00. The number of rotatable bonds is 0. The lowest BCUT2D eigenvalue weighted by Gasteiger charge is -2.08. The number of halogens is 12. The molecule has 0 bridgehead atoms. The molecule has 0 aliphatic carbocycles. The Balaban J connectivity index is 0.000000251. The van der Waals surface area contributed by atoms with E-state index in [1.165, 1.54) is 0 Å². The molecular weight excluding hydrogens is 450 g/mol. The van der Waals surface area contributed by atoms with Crippen molar-refractivity contribution in [3.05, 3.63) is 66.9 Å². The van der Waals surface area contributed by atoms with Crippen molar-refractivity contribution < 1.29 is 35.1 Å². The Morgan fingerprint density at radius 3 is 1.20 bits per heavy atom. The van der Waals surface area contributed by atoms with E-state index in [0.29, 0.717) is 0 Å². The van der Waals surface area contributed by atoms with Crippen LogP contribution in [0.25, 0.3) is 0 Å². The van der Waals surface area contributed by atoms with Crippen molar-refractivity contribution in [2.24, 2.45) is 0 Å². The first-order valence-corrected chi connectivity index (χ1v) is 7.18. The molecule has 0 aromatic heterocycles. The van der Waals surface area contributed by atoms with E-state index in [2.05, 4.69) is 0 Å². The normalized spacial score (nSPS) is 11.2. The van der Waals surface area contributed by atoms with Crippen LogP contribution >= 0.6 is 46.4 Å². The van der Waals surface area contributed by atoms with Gasteiger partial charge >= 0.3 is 6.18 Å². The molecule has 0 radical (unpaired) electrons. The Morgan fingerprint density at radius 2 is 0.880 bits per heavy atom. The zero-order chi connectivity index (χ0) is 19.7. The van der Waals surface area contributed by atoms with Crippen LogP contribution in [0.3, 0.4) is 0 Å². The molecule has 0 saturated carbocycles. The second kappa shape index (κ2) is 8.16. The van der Waals surface area contributed by atoms with E-state index < -0.39 is 45.8 Å². The molecule has 0 aliphatic heterocycles. The average Bonchev–Trinajstić information content (AvgIpc) is 2.53. The Labute approximate surface area is 154 Å². The van der Waals surface area contributed by atoms with Crippen molar-refractivity contribution in [1.29, 1.82) is 0 Å². The highest BCUT2D eigenvalue weighted by Gasteiger charge is 2.31. The molecular formula is C13H2Cl4F8. The molecule has 2 rings (SSSR count). The zero-order valence-corrected chi connectivity index (χ0v) is 14.2. The van der Waals surface area contributed by atoms with E-state index in [1.807, 2.05) is 0 Å². The standard InChI is InChI=1S/C7H2Cl3F3.C6ClF5/c8-4-1-3(7(11,12)13)2-5(9)6(4)10;7-1-2(8)4(10)6(12)5(11)3(1)9/h1-2H;. The summed E-state index contributed by atoms with van der Waals surface area (Å²) in [5.74, 6) is -10.3. The molecule has 0 amide bonds. The van der Waals surface area contributed by atoms with Crippen LogP contribution < -0.4 is 0 Å². The first kappa shape index (κ1) is 22.1. The fourth-order valence-corrected chi connectivity index (χ4v) is 2.06. The zero-order valence-electron chi connectivity index (χ0n) is 11.2. The molecule has 25 heavy (non-hydrogen) atoms. The Morgan fingerprint density at radius 1 is 0.560 bits per heavy atom. The molecule has 138 valence electrons. The summed E-state index contributed by atoms with van der Waals surface area (Å²) in [4.78, 5) is 0. The van der Waals surface area contributed by atoms with Gasteiger partial charge in [-0.1, -0.05) is 46.4 Å². The lowest BCUT2D eigenvalue weighted by molar-refractivity contribution is -0.137. The largest absolute Gasteiger partial charge is 0.416 e. The lowest BCUT2D eigenvalue weighted by Crippen LogP contribution is -2.04. The van der Waals surface area contributed by atoms with E-state index in [4.69, 9.17) is 46.4 Å². The van der Waals surface area contributed by atoms with Crippen LogP contribution in [-0.2, 0) is 6.18 Å². The molecule has 0 spiro atoms. The van der Waals surface area contributed by atoms with Crippen LogP contribution in [0.2, 0.25) is 20.1 Å². The lowest BCUT2D eigenvalue weighted by atomic mass is 10.2. The number of hydrogen-bond donors (Lipinski definition) is 0.